The number of carbonyl (C=O) groups excluding carboxylic acids is 1. The summed E-state index contributed by atoms with van der Waals surface area (Å²) < 4.78 is 16.3. The standard InChI is InChI=1S/C19H27NO6/c1-4-10-26-15-7-6-14(11-16(15)25-5-2)17(21)20-9-8-19(12-20,13-24-3)18(22)23/h6-7,11H,4-5,8-10,12-13H2,1-3H3,(H,22,23). The Hall–Kier alpha value is -2.28. The van der Waals surface area contributed by atoms with Crippen molar-refractivity contribution in [2.45, 2.75) is 26.7 Å². The molecule has 144 valence electrons. The van der Waals surface area contributed by atoms with Gasteiger partial charge in [0.05, 0.1) is 19.8 Å². The first kappa shape index (κ1) is 20.0. The van der Waals surface area contributed by atoms with E-state index in [1.165, 1.54) is 7.11 Å². The van der Waals surface area contributed by atoms with Crippen LogP contribution in [0.1, 0.15) is 37.0 Å². The van der Waals surface area contributed by atoms with E-state index in [1.54, 1.807) is 23.1 Å². The van der Waals surface area contributed by atoms with Gasteiger partial charge < -0.3 is 24.2 Å². The molecule has 1 aromatic carbocycles. The maximum atomic E-state index is 12.8. The van der Waals surface area contributed by atoms with Crippen molar-refractivity contribution in [2.75, 3.05) is 40.0 Å². The number of hydrogen-bond donors (Lipinski definition) is 1. The number of carbonyl (C=O) groups is 2. The molecule has 0 aliphatic carbocycles. The Labute approximate surface area is 153 Å². The topological polar surface area (TPSA) is 85.3 Å². The van der Waals surface area contributed by atoms with Gasteiger partial charge in [-0.25, -0.2) is 0 Å². The number of amides is 1. The minimum Gasteiger partial charge on any atom is -0.490 e. The largest absolute Gasteiger partial charge is 0.490 e. The van der Waals surface area contributed by atoms with Crippen LogP contribution in [0.25, 0.3) is 0 Å². The van der Waals surface area contributed by atoms with E-state index in [2.05, 4.69) is 0 Å². The monoisotopic (exact) mass is 365 g/mol. The van der Waals surface area contributed by atoms with Gasteiger partial charge in [-0.3, -0.25) is 9.59 Å². The summed E-state index contributed by atoms with van der Waals surface area (Å²) in [6.07, 6.45) is 1.24. The van der Waals surface area contributed by atoms with Gasteiger partial charge in [0.15, 0.2) is 11.5 Å². The number of nitrogens with zero attached hydrogens (tertiary/aromatic N) is 1. The van der Waals surface area contributed by atoms with Crippen LogP contribution in [0.15, 0.2) is 18.2 Å². The fourth-order valence-electron chi connectivity index (χ4n) is 3.10. The van der Waals surface area contributed by atoms with Crippen molar-refractivity contribution in [3.05, 3.63) is 23.8 Å². The van der Waals surface area contributed by atoms with Crippen LogP contribution < -0.4 is 9.47 Å². The summed E-state index contributed by atoms with van der Waals surface area (Å²) in [5.74, 6) is -0.0292. The predicted octanol–water partition coefficient (Wildman–Crippen LogP) is 2.44. The zero-order chi connectivity index (χ0) is 19.2. The van der Waals surface area contributed by atoms with E-state index in [9.17, 15) is 14.7 Å². The van der Waals surface area contributed by atoms with Gasteiger partial charge in [0.2, 0.25) is 0 Å². The quantitative estimate of drug-likeness (QED) is 0.723. The number of likely N-dealkylation sites (tertiary alicyclic amines) is 1. The Morgan fingerprint density at radius 3 is 2.62 bits per heavy atom. The average molecular weight is 365 g/mol. The van der Waals surface area contributed by atoms with Crippen LogP contribution in [0.2, 0.25) is 0 Å². The average Bonchev–Trinajstić information content (AvgIpc) is 3.06. The zero-order valence-corrected chi connectivity index (χ0v) is 15.6. The normalized spacial score (nSPS) is 19.4. The van der Waals surface area contributed by atoms with E-state index >= 15 is 0 Å². The molecule has 0 bridgehead atoms. The number of carboxylic acids is 1. The minimum atomic E-state index is -1.04. The lowest BCUT2D eigenvalue weighted by molar-refractivity contribution is -0.151. The highest BCUT2D eigenvalue weighted by molar-refractivity contribution is 5.95. The van der Waals surface area contributed by atoms with Gasteiger partial charge in [-0.15, -0.1) is 0 Å². The Balaban J connectivity index is 2.19. The molecule has 1 N–H and O–H groups in total. The summed E-state index contributed by atoms with van der Waals surface area (Å²) >= 11 is 0. The number of ether oxygens (including phenoxy) is 3. The smallest absolute Gasteiger partial charge is 0.313 e. The Morgan fingerprint density at radius 1 is 1.23 bits per heavy atom. The second kappa shape index (κ2) is 8.89. The maximum Gasteiger partial charge on any atom is 0.313 e. The second-order valence-electron chi connectivity index (χ2n) is 6.44. The number of aliphatic carboxylic acids is 1. The molecule has 7 nitrogen and oxygen atoms in total. The van der Waals surface area contributed by atoms with Crippen molar-refractivity contribution in [2.24, 2.45) is 5.41 Å². The molecule has 2 rings (SSSR count). The third-order valence-corrected chi connectivity index (χ3v) is 4.47. The van der Waals surface area contributed by atoms with E-state index in [4.69, 9.17) is 14.2 Å². The molecule has 1 fully saturated rings. The molecule has 1 amide bonds. The third-order valence-electron chi connectivity index (χ3n) is 4.47. The Morgan fingerprint density at radius 2 is 2.00 bits per heavy atom. The lowest BCUT2D eigenvalue weighted by Crippen LogP contribution is -2.40. The molecule has 7 heteroatoms. The molecule has 1 saturated heterocycles. The molecular formula is C19H27NO6. The van der Waals surface area contributed by atoms with E-state index in [-0.39, 0.29) is 19.1 Å². The summed E-state index contributed by atoms with van der Waals surface area (Å²) in [7, 11) is 1.47. The van der Waals surface area contributed by atoms with E-state index < -0.39 is 11.4 Å². The van der Waals surface area contributed by atoms with Gasteiger partial charge in [0.25, 0.3) is 5.91 Å². The lowest BCUT2D eigenvalue weighted by Gasteiger charge is -2.24. The van der Waals surface area contributed by atoms with Crippen LogP contribution in [-0.2, 0) is 9.53 Å². The molecule has 1 atom stereocenters. The summed E-state index contributed by atoms with van der Waals surface area (Å²) in [6, 6.07) is 5.07. The summed E-state index contributed by atoms with van der Waals surface area (Å²) in [5.41, 5.74) is -0.590. The fourth-order valence-corrected chi connectivity index (χ4v) is 3.10. The molecule has 0 radical (unpaired) electrons. The highest BCUT2D eigenvalue weighted by atomic mass is 16.5. The molecule has 1 aromatic rings. The second-order valence-corrected chi connectivity index (χ2v) is 6.44. The minimum absolute atomic E-state index is 0.0834. The van der Waals surface area contributed by atoms with Gasteiger partial charge in [0, 0.05) is 25.8 Å². The van der Waals surface area contributed by atoms with Crippen LogP contribution in [-0.4, -0.2) is 61.9 Å². The van der Waals surface area contributed by atoms with Crippen molar-refractivity contribution in [1.29, 1.82) is 0 Å². The third kappa shape index (κ3) is 4.27. The number of hydrogen-bond acceptors (Lipinski definition) is 5. The summed E-state index contributed by atoms with van der Waals surface area (Å²) in [6.45, 7) is 5.50. The van der Waals surface area contributed by atoms with Crippen LogP contribution in [0.4, 0.5) is 0 Å². The molecule has 1 unspecified atom stereocenters. The molecule has 1 heterocycles. The van der Waals surface area contributed by atoms with Crippen LogP contribution in [0, 0.1) is 5.41 Å². The predicted molar refractivity (Wildman–Crippen MR) is 95.9 cm³/mol. The number of benzene rings is 1. The van der Waals surface area contributed by atoms with Crippen molar-refractivity contribution < 1.29 is 28.9 Å². The van der Waals surface area contributed by atoms with Gasteiger partial charge in [-0.1, -0.05) is 6.92 Å². The van der Waals surface area contributed by atoms with Gasteiger partial charge >= 0.3 is 5.97 Å². The number of carboxylic acid groups (broad SMARTS) is 1. The number of methoxy groups -OCH3 is 1. The molecular weight excluding hydrogens is 338 g/mol. The molecule has 0 aromatic heterocycles. The molecule has 0 saturated carbocycles. The van der Waals surface area contributed by atoms with Crippen LogP contribution in [0.3, 0.4) is 0 Å². The van der Waals surface area contributed by atoms with Gasteiger partial charge in [-0.2, -0.15) is 0 Å². The Bertz CT molecular complexity index is 647. The maximum absolute atomic E-state index is 12.8. The van der Waals surface area contributed by atoms with E-state index in [1.807, 2.05) is 13.8 Å². The Kier molecular flexibility index (Phi) is 6.85. The van der Waals surface area contributed by atoms with Crippen molar-refractivity contribution >= 4 is 11.9 Å². The molecule has 0 spiro atoms. The first-order valence-corrected chi connectivity index (χ1v) is 8.88. The first-order valence-electron chi connectivity index (χ1n) is 8.88. The highest BCUT2D eigenvalue weighted by Crippen LogP contribution is 2.34. The van der Waals surface area contributed by atoms with Crippen LogP contribution >= 0.6 is 0 Å². The van der Waals surface area contributed by atoms with Crippen molar-refractivity contribution in [3.63, 3.8) is 0 Å². The lowest BCUT2D eigenvalue weighted by atomic mass is 9.88. The summed E-state index contributed by atoms with van der Waals surface area (Å²) in [4.78, 5) is 26.0. The molecule has 1 aliphatic rings. The van der Waals surface area contributed by atoms with E-state index in [0.717, 1.165) is 6.42 Å². The first-order chi connectivity index (χ1) is 12.5. The fraction of sp³-hybridized carbons (Fsp3) is 0.579. The van der Waals surface area contributed by atoms with E-state index in [0.29, 0.717) is 43.2 Å². The van der Waals surface area contributed by atoms with Crippen LogP contribution in [0.5, 0.6) is 11.5 Å². The van der Waals surface area contributed by atoms with Gasteiger partial charge in [0.1, 0.15) is 5.41 Å². The summed E-state index contributed by atoms with van der Waals surface area (Å²) in [5, 5.41) is 9.54. The molecule has 1 aliphatic heterocycles. The number of rotatable bonds is 9. The molecule has 26 heavy (non-hydrogen) atoms. The highest BCUT2D eigenvalue weighted by Gasteiger charge is 2.46. The van der Waals surface area contributed by atoms with Gasteiger partial charge in [-0.05, 0) is 38.0 Å². The SMILES string of the molecule is CCCOc1ccc(C(=O)N2CCC(COC)(C(=O)O)C2)cc1OCC. The zero-order valence-electron chi connectivity index (χ0n) is 15.6. The van der Waals surface area contributed by atoms with Crippen molar-refractivity contribution in [3.8, 4) is 11.5 Å². The van der Waals surface area contributed by atoms with Crippen molar-refractivity contribution in [1.82, 2.24) is 4.90 Å².